The van der Waals surface area contributed by atoms with Gasteiger partial charge in [-0.15, -0.1) is 11.3 Å². The number of hydrogen-bond acceptors (Lipinski definition) is 6. The van der Waals surface area contributed by atoms with Gasteiger partial charge in [0, 0.05) is 30.2 Å². The smallest absolute Gasteiger partial charge is 0.242 e. The highest BCUT2D eigenvalue weighted by molar-refractivity contribution is 8.15. The number of carbonyl (C=O) groups excluding carboxylic acids is 2. The van der Waals surface area contributed by atoms with Crippen molar-refractivity contribution >= 4 is 50.9 Å². The standard InChI is InChI=1S/C16H16N4O2S2/c1-2-20-14(22)12(24-16(20)19-15-17-8-9-23-15)10-13(21)18-11-6-4-3-5-7-11/h3-9,12H,2,10H2,1H3,(H,18,21)/t12-/m1/s1. The number of aromatic nitrogens is 1. The van der Waals surface area contributed by atoms with Gasteiger partial charge in [0.2, 0.25) is 16.9 Å². The van der Waals surface area contributed by atoms with E-state index in [1.807, 2.05) is 42.6 Å². The first-order chi connectivity index (χ1) is 11.7. The summed E-state index contributed by atoms with van der Waals surface area (Å²) in [5, 5.41) is 5.41. The van der Waals surface area contributed by atoms with Crippen molar-refractivity contribution in [3.05, 3.63) is 41.9 Å². The maximum absolute atomic E-state index is 12.5. The number of amides is 2. The Morgan fingerprint density at radius 2 is 2.17 bits per heavy atom. The van der Waals surface area contributed by atoms with E-state index in [1.54, 1.807) is 11.1 Å². The molecule has 1 N–H and O–H groups in total. The van der Waals surface area contributed by atoms with Crippen molar-refractivity contribution in [3.8, 4) is 0 Å². The molecule has 2 heterocycles. The number of thiazole rings is 1. The second kappa shape index (κ2) is 7.59. The predicted molar refractivity (Wildman–Crippen MR) is 97.7 cm³/mol. The summed E-state index contributed by atoms with van der Waals surface area (Å²) < 4.78 is 0. The number of aliphatic imine (C=N–C) groups is 1. The SMILES string of the molecule is CCN1C(=O)[C@@H](CC(=O)Nc2ccccc2)SC1=Nc1nccs1. The monoisotopic (exact) mass is 360 g/mol. The zero-order chi connectivity index (χ0) is 16.9. The summed E-state index contributed by atoms with van der Waals surface area (Å²) in [6.45, 7) is 2.41. The molecule has 1 atom stereocenters. The Labute approximate surface area is 148 Å². The van der Waals surface area contributed by atoms with Crippen LogP contribution in [0.4, 0.5) is 10.8 Å². The van der Waals surface area contributed by atoms with Gasteiger partial charge in [0.1, 0.15) is 5.25 Å². The molecule has 0 aliphatic carbocycles. The number of thioether (sulfide) groups is 1. The lowest BCUT2D eigenvalue weighted by Crippen LogP contribution is -2.33. The molecular formula is C16H16N4O2S2. The molecule has 6 nitrogen and oxygen atoms in total. The van der Waals surface area contributed by atoms with E-state index in [1.165, 1.54) is 23.1 Å². The number of hydrogen-bond donors (Lipinski definition) is 1. The number of anilines is 1. The molecule has 0 spiro atoms. The van der Waals surface area contributed by atoms with Crippen molar-refractivity contribution in [2.45, 2.75) is 18.6 Å². The van der Waals surface area contributed by atoms with Crippen molar-refractivity contribution in [1.29, 1.82) is 0 Å². The molecule has 1 aromatic carbocycles. The third-order valence-corrected chi connectivity index (χ3v) is 5.22. The van der Waals surface area contributed by atoms with Crippen LogP contribution in [0, 0.1) is 0 Å². The minimum atomic E-state index is -0.452. The van der Waals surface area contributed by atoms with Gasteiger partial charge in [0.15, 0.2) is 5.17 Å². The largest absolute Gasteiger partial charge is 0.326 e. The van der Waals surface area contributed by atoms with Gasteiger partial charge in [-0.05, 0) is 19.1 Å². The van der Waals surface area contributed by atoms with E-state index in [0.29, 0.717) is 16.8 Å². The molecule has 2 aromatic rings. The van der Waals surface area contributed by atoms with Crippen molar-refractivity contribution in [2.24, 2.45) is 4.99 Å². The van der Waals surface area contributed by atoms with Gasteiger partial charge in [-0.1, -0.05) is 30.0 Å². The van der Waals surface area contributed by atoms with Gasteiger partial charge in [-0.25, -0.2) is 4.98 Å². The van der Waals surface area contributed by atoms with Crippen LogP contribution in [-0.2, 0) is 9.59 Å². The number of para-hydroxylation sites is 1. The number of nitrogens with one attached hydrogen (secondary N) is 1. The molecule has 0 radical (unpaired) electrons. The molecule has 2 amide bonds. The van der Waals surface area contributed by atoms with E-state index in [9.17, 15) is 9.59 Å². The fraction of sp³-hybridized carbons (Fsp3) is 0.250. The van der Waals surface area contributed by atoms with Crippen LogP contribution in [0.2, 0.25) is 0 Å². The lowest BCUT2D eigenvalue weighted by atomic mass is 10.2. The molecule has 24 heavy (non-hydrogen) atoms. The van der Waals surface area contributed by atoms with Crippen molar-refractivity contribution in [3.63, 3.8) is 0 Å². The van der Waals surface area contributed by atoms with Crippen LogP contribution in [0.1, 0.15) is 13.3 Å². The molecule has 1 aliphatic heterocycles. The van der Waals surface area contributed by atoms with E-state index >= 15 is 0 Å². The second-order valence-corrected chi connectivity index (χ2v) is 7.06. The van der Waals surface area contributed by atoms with E-state index in [0.717, 1.165) is 5.69 Å². The van der Waals surface area contributed by atoms with Crippen LogP contribution in [0.25, 0.3) is 0 Å². The van der Waals surface area contributed by atoms with Crippen LogP contribution in [0.15, 0.2) is 46.9 Å². The Hall–Kier alpha value is -2.19. The molecule has 1 fully saturated rings. The number of benzene rings is 1. The molecule has 0 saturated carbocycles. The Balaban J connectivity index is 1.68. The fourth-order valence-electron chi connectivity index (χ4n) is 2.27. The maximum atomic E-state index is 12.5. The quantitative estimate of drug-likeness (QED) is 0.889. The lowest BCUT2D eigenvalue weighted by Gasteiger charge is -2.12. The number of rotatable bonds is 5. The molecule has 1 saturated heterocycles. The molecule has 0 bridgehead atoms. The average molecular weight is 360 g/mol. The number of carbonyl (C=O) groups is 2. The summed E-state index contributed by atoms with van der Waals surface area (Å²) in [4.78, 5) is 34.8. The van der Waals surface area contributed by atoms with Gasteiger partial charge < -0.3 is 5.32 Å². The normalized spacial score (nSPS) is 19.0. The molecule has 3 rings (SSSR count). The molecule has 1 aromatic heterocycles. The van der Waals surface area contributed by atoms with Gasteiger partial charge in [0.25, 0.3) is 0 Å². The predicted octanol–water partition coefficient (Wildman–Crippen LogP) is 3.12. The molecule has 0 unspecified atom stereocenters. The summed E-state index contributed by atoms with van der Waals surface area (Å²) in [5.74, 6) is -0.264. The van der Waals surface area contributed by atoms with E-state index in [-0.39, 0.29) is 18.2 Å². The summed E-state index contributed by atoms with van der Waals surface area (Å²) in [6.07, 6.45) is 1.79. The van der Waals surface area contributed by atoms with Crippen molar-refractivity contribution in [2.75, 3.05) is 11.9 Å². The first-order valence-electron chi connectivity index (χ1n) is 7.48. The van der Waals surface area contributed by atoms with Gasteiger partial charge in [0.05, 0.1) is 0 Å². The minimum absolute atomic E-state index is 0.0824. The summed E-state index contributed by atoms with van der Waals surface area (Å²) >= 11 is 2.73. The zero-order valence-corrected chi connectivity index (χ0v) is 14.6. The Morgan fingerprint density at radius 1 is 1.38 bits per heavy atom. The van der Waals surface area contributed by atoms with E-state index in [2.05, 4.69) is 15.3 Å². The third kappa shape index (κ3) is 3.82. The van der Waals surface area contributed by atoms with Gasteiger partial charge in [-0.3, -0.25) is 14.5 Å². The number of amidine groups is 1. The number of nitrogens with zero attached hydrogens (tertiary/aromatic N) is 3. The molecule has 8 heteroatoms. The highest BCUT2D eigenvalue weighted by Gasteiger charge is 2.38. The Morgan fingerprint density at radius 3 is 2.83 bits per heavy atom. The minimum Gasteiger partial charge on any atom is -0.326 e. The summed E-state index contributed by atoms with van der Waals surface area (Å²) in [5.41, 5.74) is 0.724. The highest BCUT2D eigenvalue weighted by atomic mass is 32.2. The lowest BCUT2D eigenvalue weighted by molar-refractivity contribution is -0.128. The van der Waals surface area contributed by atoms with Crippen LogP contribution in [-0.4, -0.2) is 38.7 Å². The van der Waals surface area contributed by atoms with Crippen LogP contribution in [0.3, 0.4) is 0 Å². The van der Waals surface area contributed by atoms with E-state index < -0.39 is 5.25 Å². The first kappa shape index (κ1) is 16.7. The molecule has 1 aliphatic rings. The van der Waals surface area contributed by atoms with Crippen LogP contribution < -0.4 is 5.32 Å². The summed E-state index contributed by atoms with van der Waals surface area (Å²) in [7, 11) is 0. The zero-order valence-electron chi connectivity index (χ0n) is 13.0. The Bertz CT molecular complexity index is 747. The van der Waals surface area contributed by atoms with Crippen LogP contribution in [0.5, 0.6) is 0 Å². The summed E-state index contributed by atoms with van der Waals surface area (Å²) in [6, 6.07) is 9.21. The van der Waals surface area contributed by atoms with Gasteiger partial charge >= 0.3 is 0 Å². The first-order valence-corrected chi connectivity index (χ1v) is 9.24. The van der Waals surface area contributed by atoms with Gasteiger partial charge in [-0.2, -0.15) is 4.99 Å². The van der Waals surface area contributed by atoms with Crippen LogP contribution >= 0.6 is 23.1 Å². The van der Waals surface area contributed by atoms with Crippen molar-refractivity contribution < 1.29 is 9.59 Å². The second-order valence-electron chi connectivity index (χ2n) is 5.02. The highest BCUT2D eigenvalue weighted by Crippen LogP contribution is 2.32. The molecular weight excluding hydrogens is 344 g/mol. The van der Waals surface area contributed by atoms with E-state index in [4.69, 9.17) is 0 Å². The maximum Gasteiger partial charge on any atom is 0.242 e. The van der Waals surface area contributed by atoms with Crippen molar-refractivity contribution in [1.82, 2.24) is 9.88 Å². The fourth-order valence-corrected chi connectivity index (χ4v) is 4.04. The topological polar surface area (TPSA) is 74.7 Å². The molecule has 124 valence electrons. The third-order valence-electron chi connectivity index (χ3n) is 3.38. The average Bonchev–Trinajstić information content (AvgIpc) is 3.17. The Kier molecular flexibility index (Phi) is 5.27.